The molecule has 2 N–H and O–H groups in total. The highest BCUT2D eigenvalue weighted by Gasteiger charge is 2.27. The standard InChI is InChI=1S/C18H16ClFN2O4/c1-21-18(25)22-17(24)16(11-6-3-2-4-7-11)26-15(23)10-12-13(19)8-5-9-14(12)20/h2-9,16H,10H2,1H3,(H2,21,22,24,25)/t16-/m1/s1. The zero-order valence-corrected chi connectivity index (χ0v) is 14.5. The molecule has 8 heteroatoms. The van der Waals surface area contributed by atoms with Crippen molar-refractivity contribution >= 4 is 29.5 Å². The first-order valence-corrected chi connectivity index (χ1v) is 8.00. The molecule has 0 aliphatic carbocycles. The van der Waals surface area contributed by atoms with E-state index in [-0.39, 0.29) is 10.6 Å². The average Bonchev–Trinajstić information content (AvgIpc) is 2.63. The zero-order chi connectivity index (χ0) is 19.1. The Hall–Kier alpha value is -2.93. The number of esters is 1. The van der Waals surface area contributed by atoms with Gasteiger partial charge in [0.2, 0.25) is 6.10 Å². The SMILES string of the molecule is CNC(=O)NC(=O)[C@H](OC(=O)Cc1c(F)cccc1Cl)c1ccccc1. The summed E-state index contributed by atoms with van der Waals surface area (Å²) in [5, 5.41) is 4.36. The van der Waals surface area contributed by atoms with Crippen molar-refractivity contribution in [3.63, 3.8) is 0 Å². The quantitative estimate of drug-likeness (QED) is 0.783. The minimum absolute atomic E-state index is 0.0299. The minimum Gasteiger partial charge on any atom is -0.447 e. The Balaban J connectivity index is 2.19. The predicted octanol–water partition coefficient (Wildman–Crippen LogP) is 2.76. The Morgan fingerprint density at radius 1 is 1.12 bits per heavy atom. The largest absolute Gasteiger partial charge is 0.447 e. The van der Waals surface area contributed by atoms with Crippen molar-refractivity contribution in [2.75, 3.05) is 7.05 Å². The van der Waals surface area contributed by atoms with Crippen LogP contribution in [0, 0.1) is 5.82 Å². The van der Waals surface area contributed by atoms with Gasteiger partial charge in [-0.1, -0.05) is 48.0 Å². The second-order valence-corrected chi connectivity index (χ2v) is 5.63. The van der Waals surface area contributed by atoms with E-state index in [1.165, 1.54) is 25.2 Å². The number of amides is 3. The van der Waals surface area contributed by atoms with Gasteiger partial charge in [-0.15, -0.1) is 0 Å². The highest BCUT2D eigenvalue weighted by atomic mass is 35.5. The summed E-state index contributed by atoms with van der Waals surface area (Å²) in [4.78, 5) is 35.9. The van der Waals surface area contributed by atoms with Crippen molar-refractivity contribution < 1.29 is 23.5 Å². The summed E-state index contributed by atoms with van der Waals surface area (Å²) in [6.45, 7) is 0. The van der Waals surface area contributed by atoms with Crippen LogP contribution in [0.2, 0.25) is 5.02 Å². The third-order valence-corrected chi connectivity index (χ3v) is 3.79. The number of urea groups is 1. The fourth-order valence-electron chi connectivity index (χ4n) is 2.16. The Kier molecular flexibility index (Phi) is 6.68. The van der Waals surface area contributed by atoms with E-state index in [0.717, 1.165) is 0 Å². The molecule has 1 atom stereocenters. The van der Waals surface area contributed by atoms with E-state index in [1.807, 2.05) is 0 Å². The molecule has 0 saturated carbocycles. The lowest BCUT2D eigenvalue weighted by atomic mass is 10.1. The molecule has 0 radical (unpaired) electrons. The number of hydrogen-bond donors (Lipinski definition) is 2. The van der Waals surface area contributed by atoms with Gasteiger partial charge in [-0.2, -0.15) is 0 Å². The van der Waals surface area contributed by atoms with Crippen LogP contribution >= 0.6 is 11.6 Å². The number of hydrogen-bond acceptors (Lipinski definition) is 4. The number of carbonyl (C=O) groups excluding carboxylic acids is 3. The molecule has 0 fully saturated rings. The summed E-state index contributed by atoms with van der Waals surface area (Å²) in [5.41, 5.74) is 0.333. The number of ether oxygens (including phenoxy) is 1. The maximum absolute atomic E-state index is 13.8. The minimum atomic E-state index is -1.37. The van der Waals surface area contributed by atoms with E-state index in [9.17, 15) is 18.8 Å². The fraction of sp³-hybridized carbons (Fsp3) is 0.167. The van der Waals surface area contributed by atoms with Crippen LogP contribution in [0.5, 0.6) is 0 Å². The summed E-state index contributed by atoms with van der Waals surface area (Å²) in [5.74, 6) is -2.35. The molecule has 26 heavy (non-hydrogen) atoms. The van der Waals surface area contributed by atoms with Crippen LogP contribution in [0.15, 0.2) is 48.5 Å². The van der Waals surface area contributed by atoms with Crippen molar-refractivity contribution in [3.8, 4) is 0 Å². The van der Waals surface area contributed by atoms with Crippen LogP contribution in [-0.2, 0) is 20.7 Å². The van der Waals surface area contributed by atoms with Crippen LogP contribution in [0.1, 0.15) is 17.2 Å². The molecule has 0 saturated heterocycles. The molecular weight excluding hydrogens is 363 g/mol. The van der Waals surface area contributed by atoms with Crippen molar-refractivity contribution in [2.45, 2.75) is 12.5 Å². The third-order valence-electron chi connectivity index (χ3n) is 3.44. The normalized spacial score (nSPS) is 11.3. The van der Waals surface area contributed by atoms with Crippen molar-refractivity contribution in [3.05, 3.63) is 70.5 Å². The molecule has 0 heterocycles. The topological polar surface area (TPSA) is 84.5 Å². The lowest BCUT2D eigenvalue weighted by Gasteiger charge is -2.18. The van der Waals surface area contributed by atoms with E-state index >= 15 is 0 Å². The van der Waals surface area contributed by atoms with Crippen LogP contribution < -0.4 is 10.6 Å². The van der Waals surface area contributed by atoms with E-state index in [1.54, 1.807) is 30.3 Å². The van der Waals surface area contributed by atoms with Gasteiger partial charge in [0.1, 0.15) is 5.82 Å². The molecule has 6 nitrogen and oxygen atoms in total. The first-order valence-electron chi connectivity index (χ1n) is 7.62. The summed E-state index contributed by atoms with van der Waals surface area (Å²) in [6, 6.07) is 11.4. The molecule has 0 aromatic heterocycles. The van der Waals surface area contributed by atoms with Crippen LogP contribution in [0.3, 0.4) is 0 Å². The van der Waals surface area contributed by atoms with Crippen molar-refractivity contribution in [2.24, 2.45) is 0 Å². The van der Waals surface area contributed by atoms with Gasteiger partial charge in [-0.3, -0.25) is 14.9 Å². The fourth-order valence-corrected chi connectivity index (χ4v) is 2.39. The number of carbonyl (C=O) groups is 3. The zero-order valence-electron chi connectivity index (χ0n) is 13.8. The monoisotopic (exact) mass is 378 g/mol. The predicted molar refractivity (Wildman–Crippen MR) is 93.0 cm³/mol. The molecule has 2 aromatic carbocycles. The highest BCUT2D eigenvalue weighted by Crippen LogP contribution is 2.22. The molecule has 2 aromatic rings. The molecule has 0 unspecified atom stereocenters. The number of nitrogens with one attached hydrogen (secondary N) is 2. The molecule has 3 amide bonds. The third kappa shape index (κ3) is 5.03. The van der Waals surface area contributed by atoms with Gasteiger partial charge in [0.15, 0.2) is 0 Å². The van der Waals surface area contributed by atoms with Gasteiger partial charge in [-0.25, -0.2) is 9.18 Å². The maximum atomic E-state index is 13.8. The van der Waals surface area contributed by atoms with Gasteiger partial charge >= 0.3 is 12.0 Å². The molecule has 136 valence electrons. The maximum Gasteiger partial charge on any atom is 0.321 e. The van der Waals surface area contributed by atoms with Gasteiger partial charge in [0.25, 0.3) is 5.91 Å². The van der Waals surface area contributed by atoms with Gasteiger partial charge < -0.3 is 10.1 Å². The van der Waals surface area contributed by atoms with Crippen molar-refractivity contribution in [1.29, 1.82) is 0 Å². The molecule has 0 spiro atoms. The Morgan fingerprint density at radius 3 is 2.42 bits per heavy atom. The molecule has 0 aliphatic rings. The van der Waals surface area contributed by atoms with Crippen LogP contribution in [0.25, 0.3) is 0 Å². The average molecular weight is 379 g/mol. The van der Waals surface area contributed by atoms with Gasteiger partial charge in [-0.05, 0) is 12.1 Å². The smallest absolute Gasteiger partial charge is 0.321 e. The number of halogens is 2. The molecular formula is C18H16ClFN2O4. The number of imide groups is 1. The number of rotatable bonds is 5. The summed E-state index contributed by atoms with van der Waals surface area (Å²) >= 11 is 5.90. The highest BCUT2D eigenvalue weighted by molar-refractivity contribution is 6.31. The Morgan fingerprint density at radius 2 is 1.81 bits per heavy atom. The second kappa shape index (κ2) is 8.96. The first-order chi connectivity index (χ1) is 12.4. The second-order valence-electron chi connectivity index (χ2n) is 5.23. The Labute approximate surface area is 154 Å². The summed E-state index contributed by atoms with van der Waals surface area (Å²) in [7, 11) is 1.34. The van der Waals surface area contributed by atoms with Gasteiger partial charge in [0, 0.05) is 23.2 Å². The molecule has 0 bridgehead atoms. The first kappa shape index (κ1) is 19.4. The summed E-state index contributed by atoms with van der Waals surface area (Å²) < 4.78 is 19.0. The molecule has 0 aliphatic heterocycles. The summed E-state index contributed by atoms with van der Waals surface area (Å²) in [6.07, 6.45) is -1.83. The van der Waals surface area contributed by atoms with E-state index in [2.05, 4.69) is 10.6 Å². The lowest BCUT2D eigenvalue weighted by molar-refractivity contribution is -0.155. The van der Waals surface area contributed by atoms with E-state index in [4.69, 9.17) is 16.3 Å². The van der Waals surface area contributed by atoms with Crippen LogP contribution in [-0.4, -0.2) is 25.0 Å². The lowest BCUT2D eigenvalue weighted by Crippen LogP contribution is -2.41. The van der Waals surface area contributed by atoms with Crippen molar-refractivity contribution in [1.82, 2.24) is 10.6 Å². The van der Waals surface area contributed by atoms with Crippen LogP contribution in [0.4, 0.5) is 9.18 Å². The van der Waals surface area contributed by atoms with E-state index < -0.39 is 36.2 Å². The Bertz CT molecular complexity index is 794. The number of benzene rings is 2. The molecule has 2 rings (SSSR count). The van der Waals surface area contributed by atoms with Gasteiger partial charge in [0.05, 0.1) is 6.42 Å². The van der Waals surface area contributed by atoms with E-state index in [0.29, 0.717) is 5.56 Å².